The average molecular weight is 285 g/mol. The van der Waals surface area contributed by atoms with E-state index in [1.54, 1.807) is 19.1 Å². The maximum Gasteiger partial charge on any atom is 0.272 e. The van der Waals surface area contributed by atoms with E-state index in [1.165, 1.54) is 11.6 Å². The van der Waals surface area contributed by atoms with Crippen LogP contribution in [0.5, 0.6) is 0 Å². The highest BCUT2D eigenvalue weighted by atomic mass is 16.6. The van der Waals surface area contributed by atoms with Crippen LogP contribution in [0.15, 0.2) is 42.5 Å². The van der Waals surface area contributed by atoms with E-state index in [2.05, 4.69) is 13.8 Å². The van der Waals surface area contributed by atoms with E-state index >= 15 is 0 Å². The first kappa shape index (κ1) is 15.2. The number of aryl methyl sites for hydroxylation is 1. The van der Waals surface area contributed by atoms with Crippen LogP contribution in [0.4, 0.5) is 5.69 Å². The van der Waals surface area contributed by atoms with Gasteiger partial charge in [-0.1, -0.05) is 38.1 Å². The van der Waals surface area contributed by atoms with Crippen molar-refractivity contribution in [3.8, 4) is 0 Å². The third-order valence-corrected chi connectivity index (χ3v) is 3.65. The van der Waals surface area contributed by atoms with E-state index in [9.17, 15) is 15.2 Å². The zero-order valence-electron chi connectivity index (χ0n) is 12.4. The Kier molecular flexibility index (Phi) is 4.38. The van der Waals surface area contributed by atoms with Crippen molar-refractivity contribution in [2.24, 2.45) is 0 Å². The molecule has 2 rings (SSSR count). The van der Waals surface area contributed by atoms with Crippen molar-refractivity contribution in [2.45, 2.75) is 32.8 Å². The molecule has 0 saturated carbocycles. The summed E-state index contributed by atoms with van der Waals surface area (Å²) in [6.45, 7) is 5.91. The Bertz CT molecular complexity index is 648. The second-order valence-corrected chi connectivity index (χ2v) is 5.53. The van der Waals surface area contributed by atoms with Crippen LogP contribution in [0.25, 0.3) is 0 Å². The molecular weight excluding hydrogens is 266 g/mol. The van der Waals surface area contributed by atoms with Crippen molar-refractivity contribution in [1.29, 1.82) is 0 Å². The summed E-state index contributed by atoms with van der Waals surface area (Å²) < 4.78 is 0. The van der Waals surface area contributed by atoms with Crippen LogP contribution < -0.4 is 0 Å². The van der Waals surface area contributed by atoms with Gasteiger partial charge in [0.25, 0.3) is 5.69 Å². The summed E-state index contributed by atoms with van der Waals surface area (Å²) in [5.74, 6) is 0.442. The van der Waals surface area contributed by atoms with Crippen LogP contribution in [-0.4, -0.2) is 10.0 Å². The molecule has 0 aliphatic rings. The van der Waals surface area contributed by atoms with Crippen molar-refractivity contribution in [3.05, 3.63) is 74.8 Å². The normalized spacial score (nSPS) is 12.4. The number of aliphatic hydroxyl groups excluding tert-OH is 1. The van der Waals surface area contributed by atoms with E-state index in [1.807, 2.05) is 24.3 Å². The molecule has 0 aromatic heterocycles. The largest absolute Gasteiger partial charge is 0.384 e. The summed E-state index contributed by atoms with van der Waals surface area (Å²) in [6.07, 6.45) is -0.772. The smallest absolute Gasteiger partial charge is 0.272 e. The number of nitro groups is 1. The van der Waals surface area contributed by atoms with Gasteiger partial charge in [-0.15, -0.1) is 0 Å². The van der Waals surface area contributed by atoms with Crippen molar-refractivity contribution in [1.82, 2.24) is 0 Å². The van der Waals surface area contributed by atoms with Crippen molar-refractivity contribution < 1.29 is 10.0 Å². The Morgan fingerprint density at radius 1 is 1.00 bits per heavy atom. The molecule has 1 unspecified atom stereocenters. The highest BCUT2D eigenvalue weighted by Gasteiger charge is 2.15. The zero-order chi connectivity index (χ0) is 15.6. The summed E-state index contributed by atoms with van der Waals surface area (Å²) in [5.41, 5.74) is 3.28. The number of hydrogen-bond acceptors (Lipinski definition) is 3. The zero-order valence-corrected chi connectivity index (χ0v) is 12.4. The standard InChI is InChI=1S/C17H19NO3/c1-11(2)13-4-6-14(7-5-13)17(19)15-8-9-16(18(20)21)12(3)10-15/h4-11,17,19H,1-3H3. The molecule has 0 saturated heterocycles. The van der Waals surface area contributed by atoms with E-state index in [4.69, 9.17) is 0 Å². The molecule has 0 aliphatic heterocycles. The van der Waals surface area contributed by atoms with Gasteiger partial charge in [0, 0.05) is 11.6 Å². The first-order chi connectivity index (χ1) is 9.90. The fourth-order valence-electron chi connectivity index (χ4n) is 2.31. The lowest BCUT2D eigenvalue weighted by molar-refractivity contribution is -0.385. The van der Waals surface area contributed by atoms with Crippen molar-refractivity contribution >= 4 is 5.69 Å². The number of nitro benzene ring substituents is 1. The summed E-state index contributed by atoms with van der Waals surface area (Å²) in [7, 11) is 0. The molecule has 0 spiro atoms. The quantitative estimate of drug-likeness (QED) is 0.679. The van der Waals surface area contributed by atoms with Gasteiger partial charge in [-0.25, -0.2) is 0 Å². The van der Waals surface area contributed by atoms with Crippen LogP contribution in [-0.2, 0) is 0 Å². The molecule has 0 fully saturated rings. The van der Waals surface area contributed by atoms with Crippen molar-refractivity contribution in [3.63, 3.8) is 0 Å². The lowest BCUT2D eigenvalue weighted by Crippen LogP contribution is -2.02. The van der Waals surface area contributed by atoms with Gasteiger partial charge in [0.1, 0.15) is 6.10 Å². The average Bonchev–Trinajstić information content (AvgIpc) is 2.46. The third-order valence-electron chi connectivity index (χ3n) is 3.65. The number of nitrogens with zero attached hydrogens (tertiary/aromatic N) is 1. The Morgan fingerprint density at radius 2 is 1.52 bits per heavy atom. The SMILES string of the molecule is Cc1cc(C(O)c2ccc(C(C)C)cc2)ccc1[N+](=O)[O-]. The maximum absolute atomic E-state index is 10.8. The maximum atomic E-state index is 10.8. The molecule has 0 amide bonds. The minimum Gasteiger partial charge on any atom is -0.384 e. The summed E-state index contributed by atoms with van der Waals surface area (Å²) in [5, 5.41) is 21.2. The van der Waals surface area contributed by atoms with Crippen LogP contribution in [0.1, 0.15) is 48.1 Å². The number of rotatable bonds is 4. The topological polar surface area (TPSA) is 63.4 Å². The van der Waals surface area contributed by atoms with E-state index < -0.39 is 11.0 Å². The molecule has 0 bridgehead atoms. The molecule has 21 heavy (non-hydrogen) atoms. The Labute approximate surface area is 124 Å². The molecule has 0 aliphatic carbocycles. The Morgan fingerprint density at radius 3 is 2.00 bits per heavy atom. The molecule has 0 heterocycles. The van der Waals surface area contributed by atoms with Crippen LogP contribution in [0, 0.1) is 17.0 Å². The molecule has 1 N–H and O–H groups in total. The second kappa shape index (κ2) is 6.06. The summed E-state index contributed by atoms with van der Waals surface area (Å²) >= 11 is 0. The number of benzene rings is 2. The molecule has 1 atom stereocenters. The molecule has 2 aromatic carbocycles. The van der Waals surface area contributed by atoms with Gasteiger partial charge in [0.15, 0.2) is 0 Å². The fourth-order valence-corrected chi connectivity index (χ4v) is 2.31. The minimum absolute atomic E-state index is 0.0705. The Balaban J connectivity index is 2.29. The van der Waals surface area contributed by atoms with Gasteiger partial charge in [0.2, 0.25) is 0 Å². The van der Waals surface area contributed by atoms with E-state index in [0.717, 1.165) is 5.56 Å². The Hall–Kier alpha value is -2.20. The van der Waals surface area contributed by atoms with Gasteiger partial charge < -0.3 is 5.11 Å². The molecular formula is C17H19NO3. The highest BCUT2D eigenvalue weighted by Crippen LogP contribution is 2.27. The van der Waals surface area contributed by atoms with E-state index in [-0.39, 0.29) is 5.69 Å². The third kappa shape index (κ3) is 3.28. The summed E-state index contributed by atoms with van der Waals surface area (Å²) in [6, 6.07) is 12.5. The minimum atomic E-state index is -0.772. The van der Waals surface area contributed by atoms with Gasteiger partial charge in [-0.2, -0.15) is 0 Å². The van der Waals surface area contributed by atoms with Crippen LogP contribution in [0.2, 0.25) is 0 Å². The summed E-state index contributed by atoms with van der Waals surface area (Å²) in [4.78, 5) is 10.4. The van der Waals surface area contributed by atoms with Crippen LogP contribution in [0.3, 0.4) is 0 Å². The fraction of sp³-hybridized carbons (Fsp3) is 0.294. The monoisotopic (exact) mass is 285 g/mol. The lowest BCUT2D eigenvalue weighted by atomic mass is 9.96. The molecule has 2 aromatic rings. The van der Waals surface area contributed by atoms with Gasteiger partial charge in [-0.05, 0) is 41.7 Å². The first-order valence-corrected chi connectivity index (χ1v) is 6.93. The number of hydrogen-bond donors (Lipinski definition) is 1. The predicted octanol–water partition coefficient (Wildman–Crippen LogP) is 4.11. The van der Waals surface area contributed by atoms with Gasteiger partial charge >= 0.3 is 0 Å². The van der Waals surface area contributed by atoms with Gasteiger partial charge in [-0.3, -0.25) is 10.1 Å². The lowest BCUT2D eigenvalue weighted by Gasteiger charge is -2.14. The van der Waals surface area contributed by atoms with Crippen LogP contribution >= 0.6 is 0 Å². The predicted molar refractivity (Wildman–Crippen MR) is 82.4 cm³/mol. The second-order valence-electron chi connectivity index (χ2n) is 5.53. The highest BCUT2D eigenvalue weighted by molar-refractivity contribution is 5.44. The molecule has 4 nitrogen and oxygen atoms in total. The van der Waals surface area contributed by atoms with E-state index in [0.29, 0.717) is 17.0 Å². The molecule has 4 heteroatoms. The van der Waals surface area contributed by atoms with Gasteiger partial charge in [0.05, 0.1) is 4.92 Å². The number of aliphatic hydroxyl groups is 1. The molecule has 110 valence electrons. The molecule has 0 radical (unpaired) electrons. The van der Waals surface area contributed by atoms with Crippen molar-refractivity contribution in [2.75, 3.05) is 0 Å². The first-order valence-electron chi connectivity index (χ1n) is 6.93.